The van der Waals surface area contributed by atoms with Crippen molar-refractivity contribution in [2.75, 3.05) is 17.8 Å². The number of nitrogens with one attached hydrogen (secondary N) is 2. The van der Waals surface area contributed by atoms with E-state index in [1.165, 1.54) is 0 Å². The number of aryl methyl sites for hydroxylation is 1. The predicted octanol–water partition coefficient (Wildman–Crippen LogP) is 3.72. The molecule has 2 N–H and O–H groups in total. The highest BCUT2D eigenvalue weighted by molar-refractivity contribution is 7.92. The van der Waals surface area contributed by atoms with Crippen LogP contribution in [0.1, 0.15) is 25.0 Å². The molecule has 0 amide bonds. The highest BCUT2D eigenvalue weighted by Crippen LogP contribution is 2.28. The van der Waals surface area contributed by atoms with Crippen molar-refractivity contribution in [3.05, 3.63) is 59.9 Å². The van der Waals surface area contributed by atoms with Gasteiger partial charge in [0, 0.05) is 42.7 Å². The maximum Gasteiger partial charge on any atom is 0.261 e. The van der Waals surface area contributed by atoms with E-state index in [2.05, 4.69) is 28.8 Å². The van der Waals surface area contributed by atoms with Gasteiger partial charge in [-0.2, -0.15) is 0 Å². The van der Waals surface area contributed by atoms with Gasteiger partial charge in [-0.3, -0.25) is 9.62 Å². The summed E-state index contributed by atoms with van der Waals surface area (Å²) in [5.74, 6) is 0. The van der Waals surface area contributed by atoms with Crippen LogP contribution in [0.25, 0.3) is 11.0 Å². The average molecular weight is 414 g/mol. The van der Waals surface area contributed by atoms with E-state index in [0.717, 1.165) is 35.2 Å². The second kappa shape index (κ2) is 7.82. The van der Waals surface area contributed by atoms with Crippen LogP contribution in [0.3, 0.4) is 0 Å². The number of anilines is 1. The molecule has 29 heavy (non-hydrogen) atoms. The van der Waals surface area contributed by atoms with Crippen molar-refractivity contribution in [3.63, 3.8) is 0 Å². The third kappa shape index (κ3) is 4.17. The number of piperazine rings is 1. The van der Waals surface area contributed by atoms with Crippen LogP contribution in [0.2, 0.25) is 0 Å². The van der Waals surface area contributed by atoms with E-state index in [0.29, 0.717) is 24.3 Å². The monoisotopic (exact) mass is 413 g/mol. The van der Waals surface area contributed by atoms with Crippen molar-refractivity contribution in [3.8, 4) is 0 Å². The Kier molecular flexibility index (Phi) is 5.38. The summed E-state index contributed by atoms with van der Waals surface area (Å²) in [7, 11) is -3.72. The van der Waals surface area contributed by atoms with Gasteiger partial charge in [0.1, 0.15) is 5.58 Å². The van der Waals surface area contributed by atoms with Crippen LogP contribution in [0.4, 0.5) is 5.69 Å². The van der Waals surface area contributed by atoms with Gasteiger partial charge in [-0.1, -0.05) is 18.2 Å². The fraction of sp³-hybridized carbons (Fsp3) is 0.364. The molecule has 0 bridgehead atoms. The van der Waals surface area contributed by atoms with E-state index in [-0.39, 0.29) is 4.90 Å². The summed E-state index contributed by atoms with van der Waals surface area (Å²) in [6.07, 6.45) is 1.61. The van der Waals surface area contributed by atoms with Crippen molar-refractivity contribution in [1.29, 1.82) is 0 Å². The van der Waals surface area contributed by atoms with E-state index >= 15 is 0 Å². The first kappa shape index (κ1) is 19.9. The number of hydrogen-bond acceptors (Lipinski definition) is 5. The van der Waals surface area contributed by atoms with Gasteiger partial charge >= 0.3 is 0 Å². The predicted molar refractivity (Wildman–Crippen MR) is 116 cm³/mol. The van der Waals surface area contributed by atoms with Crippen LogP contribution in [-0.2, 0) is 16.6 Å². The Morgan fingerprint density at radius 2 is 2.00 bits per heavy atom. The summed E-state index contributed by atoms with van der Waals surface area (Å²) in [6, 6.07) is 13.4. The Labute approximate surface area is 171 Å². The molecule has 2 atom stereocenters. The molecule has 0 spiro atoms. The van der Waals surface area contributed by atoms with Gasteiger partial charge in [0.05, 0.1) is 16.8 Å². The van der Waals surface area contributed by atoms with E-state index < -0.39 is 10.0 Å². The van der Waals surface area contributed by atoms with Crippen molar-refractivity contribution < 1.29 is 12.8 Å². The molecule has 154 valence electrons. The zero-order valence-corrected chi connectivity index (χ0v) is 17.8. The van der Waals surface area contributed by atoms with Crippen molar-refractivity contribution in [2.45, 2.75) is 44.3 Å². The van der Waals surface area contributed by atoms with Crippen LogP contribution in [0.5, 0.6) is 0 Å². The molecule has 0 saturated carbocycles. The SMILES string of the molecule is Cc1ccccc1NS(=O)(=O)c1cc(CN2C[C@@H](C)NC[C@@H]2C)c2occc2c1. The highest BCUT2D eigenvalue weighted by Gasteiger charge is 2.25. The Hall–Kier alpha value is -2.35. The van der Waals surface area contributed by atoms with Gasteiger partial charge in [0.15, 0.2) is 0 Å². The van der Waals surface area contributed by atoms with E-state index in [1.807, 2.05) is 31.2 Å². The van der Waals surface area contributed by atoms with E-state index in [4.69, 9.17) is 4.42 Å². The van der Waals surface area contributed by atoms with Crippen LogP contribution in [0, 0.1) is 6.92 Å². The molecule has 2 heterocycles. The number of hydrogen-bond donors (Lipinski definition) is 2. The molecule has 1 aliphatic rings. The maximum atomic E-state index is 13.1. The highest BCUT2D eigenvalue weighted by atomic mass is 32.2. The average Bonchev–Trinajstić information content (AvgIpc) is 3.15. The largest absolute Gasteiger partial charge is 0.464 e. The van der Waals surface area contributed by atoms with Crippen molar-refractivity contribution in [1.82, 2.24) is 10.2 Å². The molecular formula is C22H27N3O3S. The molecule has 3 aromatic rings. The maximum absolute atomic E-state index is 13.1. The van der Waals surface area contributed by atoms with E-state index in [1.54, 1.807) is 24.5 Å². The minimum absolute atomic E-state index is 0.250. The Bertz CT molecular complexity index is 1120. The van der Waals surface area contributed by atoms with Crippen LogP contribution in [0.15, 0.2) is 58.0 Å². The molecule has 7 heteroatoms. The fourth-order valence-electron chi connectivity index (χ4n) is 3.83. The topological polar surface area (TPSA) is 74.6 Å². The van der Waals surface area contributed by atoms with Gasteiger partial charge in [-0.05, 0) is 50.6 Å². The smallest absolute Gasteiger partial charge is 0.261 e. The molecule has 0 aliphatic carbocycles. The minimum atomic E-state index is -3.72. The lowest BCUT2D eigenvalue weighted by molar-refractivity contribution is 0.139. The molecule has 1 aromatic heterocycles. The summed E-state index contributed by atoms with van der Waals surface area (Å²) in [6.45, 7) is 8.68. The second-order valence-electron chi connectivity index (χ2n) is 7.93. The molecule has 2 aromatic carbocycles. The Morgan fingerprint density at radius 1 is 1.21 bits per heavy atom. The van der Waals surface area contributed by atoms with Crippen LogP contribution < -0.4 is 10.0 Å². The number of fused-ring (bicyclic) bond motifs is 1. The summed E-state index contributed by atoms with van der Waals surface area (Å²) >= 11 is 0. The van der Waals surface area contributed by atoms with Crippen LogP contribution >= 0.6 is 0 Å². The normalized spacial score (nSPS) is 20.8. The lowest BCUT2D eigenvalue weighted by atomic mass is 10.1. The number of furan rings is 1. The lowest BCUT2D eigenvalue weighted by Crippen LogP contribution is -2.53. The first-order valence-corrected chi connectivity index (χ1v) is 11.4. The number of sulfonamides is 1. The molecule has 1 aliphatic heterocycles. The van der Waals surface area contributed by atoms with Gasteiger partial charge in [0.25, 0.3) is 10.0 Å². The Morgan fingerprint density at radius 3 is 2.79 bits per heavy atom. The summed E-state index contributed by atoms with van der Waals surface area (Å²) in [5, 5.41) is 4.27. The molecule has 6 nitrogen and oxygen atoms in total. The molecule has 0 radical (unpaired) electrons. The van der Waals surface area contributed by atoms with Gasteiger partial charge in [-0.15, -0.1) is 0 Å². The molecule has 1 saturated heterocycles. The fourth-order valence-corrected chi connectivity index (χ4v) is 5.04. The lowest BCUT2D eigenvalue weighted by Gasteiger charge is -2.37. The van der Waals surface area contributed by atoms with Gasteiger partial charge < -0.3 is 9.73 Å². The van der Waals surface area contributed by atoms with Gasteiger partial charge in [0.2, 0.25) is 0 Å². The molecule has 4 rings (SSSR count). The number of benzene rings is 2. The third-order valence-electron chi connectivity index (χ3n) is 5.57. The number of nitrogens with zero attached hydrogens (tertiary/aromatic N) is 1. The van der Waals surface area contributed by atoms with Crippen LogP contribution in [-0.4, -0.2) is 38.5 Å². The molecule has 1 fully saturated rings. The van der Waals surface area contributed by atoms with Gasteiger partial charge in [-0.25, -0.2) is 8.42 Å². The third-order valence-corrected chi connectivity index (χ3v) is 6.91. The zero-order chi connectivity index (χ0) is 20.6. The summed E-state index contributed by atoms with van der Waals surface area (Å²) < 4.78 is 34.7. The first-order valence-electron chi connectivity index (χ1n) is 9.89. The Balaban J connectivity index is 1.70. The quantitative estimate of drug-likeness (QED) is 0.667. The number of para-hydroxylation sites is 1. The van der Waals surface area contributed by atoms with E-state index in [9.17, 15) is 8.42 Å². The standard InChI is InChI=1S/C22H27N3O3S/c1-15-6-4-5-7-21(15)24-29(26,27)20-10-18-8-9-28-22(18)19(11-20)14-25-13-16(2)23-12-17(25)3/h4-11,16-17,23-24H,12-14H2,1-3H3/t16-,17+/m1/s1. The number of rotatable bonds is 5. The second-order valence-corrected chi connectivity index (χ2v) is 9.61. The molecular weight excluding hydrogens is 386 g/mol. The zero-order valence-electron chi connectivity index (χ0n) is 17.0. The minimum Gasteiger partial charge on any atom is -0.464 e. The summed E-state index contributed by atoms with van der Waals surface area (Å²) in [5.41, 5.74) is 3.10. The van der Waals surface area contributed by atoms with Crippen molar-refractivity contribution >= 4 is 26.7 Å². The molecule has 0 unspecified atom stereocenters. The summed E-state index contributed by atoms with van der Waals surface area (Å²) in [4.78, 5) is 2.62. The first-order chi connectivity index (χ1) is 13.8. The van der Waals surface area contributed by atoms with Crippen molar-refractivity contribution in [2.24, 2.45) is 0 Å².